The van der Waals surface area contributed by atoms with Gasteiger partial charge in [-0.05, 0) is 30.2 Å². The molecule has 0 bridgehead atoms. The molecule has 2 rings (SSSR count). The average molecular weight is 331 g/mol. The predicted molar refractivity (Wildman–Crippen MR) is 83.5 cm³/mol. The lowest BCUT2D eigenvalue weighted by Crippen LogP contribution is -2.30. The molecule has 20 heavy (non-hydrogen) atoms. The van der Waals surface area contributed by atoms with Crippen molar-refractivity contribution in [1.82, 2.24) is 4.98 Å². The summed E-state index contributed by atoms with van der Waals surface area (Å²) in [6, 6.07) is 8.63. The fraction of sp³-hybridized carbons (Fsp3) is 0.267. The molecule has 0 aliphatic rings. The number of rotatable bonds is 4. The van der Waals surface area contributed by atoms with E-state index in [-0.39, 0.29) is 0 Å². The van der Waals surface area contributed by atoms with Crippen LogP contribution >= 0.6 is 34.8 Å². The quantitative estimate of drug-likeness (QED) is 0.803. The number of benzene rings is 1. The van der Waals surface area contributed by atoms with E-state index >= 15 is 0 Å². The minimum absolute atomic E-state index is 0.436. The Kier molecular flexibility index (Phi) is 4.92. The average Bonchev–Trinajstić information content (AvgIpc) is 2.46. The van der Waals surface area contributed by atoms with Gasteiger partial charge in [0.2, 0.25) is 0 Å². The third-order valence-electron chi connectivity index (χ3n) is 3.36. The van der Waals surface area contributed by atoms with Gasteiger partial charge in [0.05, 0.1) is 5.38 Å². The highest BCUT2D eigenvalue weighted by molar-refractivity contribution is 6.36. The number of aliphatic hydroxyl groups is 1. The molecule has 1 N–H and O–H groups in total. The van der Waals surface area contributed by atoms with Crippen molar-refractivity contribution in [2.45, 2.75) is 24.3 Å². The van der Waals surface area contributed by atoms with Gasteiger partial charge >= 0.3 is 0 Å². The first-order chi connectivity index (χ1) is 9.49. The Morgan fingerprint density at radius 3 is 2.60 bits per heavy atom. The van der Waals surface area contributed by atoms with Gasteiger partial charge in [0.25, 0.3) is 0 Å². The van der Waals surface area contributed by atoms with Crippen LogP contribution in [0.4, 0.5) is 0 Å². The molecule has 0 radical (unpaired) electrons. The van der Waals surface area contributed by atoms with Crippen molar-refractivity contribution in [2.75, 3.05) is 0 Å². The van der Waals surface area contributed by atoms with E-state index < -0.39 is 11.0 Å². The van der Waals surface area contributed by atoms with Crippen molar-refractivity contribution in [3.63, 3.8) is 0 Å². The largest absolute Gasteiger partial charge is 0.383 e. The van der Waals surface area contributed by atoms with Crippen molar-refractivity contribution >= 4 is 34.8 Å². The van der Waals surface area contributed by atoms with Crippen molar-refractivity contribution in [2.24, 2.45) is 0 Å². The highest BCUT2D eigenvalue weighted by atomic mass is 35.5. The van der Waals surface area contributed by atoms with Crippen LogP contribution in [0, 0.1) is 0 Å². The molecule has 1 aromatic heterocycles. The number of hydrogen-bond acceptors (Lipinski definition) is 2. The molecule has 1 heterocycles. The third-order valence-corrected chi connectivity index (χ3v) is 4.51. The normalized spacial score (nSPS) is 15.7. The molecule has 2 atom stereocenters. The lowest BCUT2D eigenvalue weighted by molar-refractivity contribution is 0.0269. The molecule has 0 amide bonds. The maximum absolute atomic E-state index is 10.9. The van der Waals surface area contributed by atoms with Crippen LogP contribution in [0.5, 0.6) is 0 Å². The van der Waals surface area contributed by atoms with Crippen LogP contribution < -0.4 is 0 Å². The molecule has 0 fully saturated rings. The van der Waals surface area contributed by atoms with Crippen molar-refractivity contribution in [1.29, 1.82) is 0 Å². The smallest absolute Gasteiger partial charge is 0.111 e. The summed E-state index contributed by atoms with van der Waals surface area (Å²) in [5.41, 5.74) is 0.0623. The van der Waals surface area contributed by atoms with Gasteiger partial charge in [0.1, 0.15) is 5.60 Å². The molecular weight excluding hydrogens is 317 g/mol. The SMILES string of the molecule is CCC(O)(c1cccnc1)C(Cl)c1ccc(Cl)cc1Cl. The molecule has 0 spiro atoms. The van der Waals surface area contributed by atoms with Crippen molar-refractivity contribution < 1.29 is 5.11 Å². The van der Waals surface area contributed by atoms with E-state index in [1.165, 1.54) is 0 Å². The summed E-state index contributed by atoms with van der Waals surface area (Å²) in [4.78, 5) is 4.04. The van der Waals surface area contributed by atoms with E-state index in [1.807, 2.05) is 6.92 Å². The Hall–Kier alpha value is -0.800. The maximum Gasteiger partial charge on any atom is 0.111 e. The summed E-state index contributed by atoms with van der Waals surface area (Å²) in [6.07, 6.45) is 3.70. The molecule has 1 aromatic carbocycles. The first-order valence-electron chi connectivity index (χ1n) is 6.21. The standard InChI is InChI=1S/C15H14Cl3NO/c1-2-15(20,10-4-3-7-19-9-10)14(18)12-6-5-11(16)8-13(12)17/h3-9,14,20H,2H2,1H3. The molecule has 0 saturated heterocycles. The Bertz CT molecular complexity index is 591. The number of nitrogens with zero attached hydrogens (tertiary/aromatic N) is 1. The Morgan fingerprint density at radius 1 is 1.30 bits per heavy atom. The van der Waals surface area contributed by atoms with Crippen LogP contribution in [0.3, 0.4) is 0 Å². The zero-order valence-corrected chi connectivity index (χ0v) is 13.1. The minimum atomic E-state index is -1.24. The summed E-state index contributed by atoms with van der Waals surface area (Å²) < 4.78 is 0. The highest BCUT2D eigenvalue weighted by Crippen LogP contribution is 2.44. The first-order valence-corrected chi connectivity index (χ1v) is 7.40. The maximum atomic E-state index is 10.9. The zero-order chi connectivity index (χ0) is 14.8. The number of aromatic nitrogens is 1. The second kappa shape index (κ2) is 6.31. The van der Waals surface area contributed by atoms with Crippen LogP contribution in [0.1, 0.15) is 29.8 Å². The van der Waals surface area contributed by atoms with Crippen LogP contribution in [0.2, 0.25) is 10.0 Å². The second-order valence-corrected chi connectivity index (χ2v) is 5.83. The second-order valence-electron chi connectivity index (χ2n) is 4.55. The molecule has 2 nitrogen and oxygen atoms in total. The van der Waals surface area contributed by atoms with Crippen LogP contribution in [-0.4, -0.2) is 10.1 Å². The molecule has 5 heteroatoms. The first kappa shape index (κ1) is 15.6. The fourth-order valence-corrected chi connectivity index (χ4v) is 3.16. The Morgan fingerprint density at radius 2 is 2.05 bits per heavy atom. The topological polar surface area (TPSA) is 33.1 Å². The van der Waals surface area contributed by atoms with E-state index in [1.54, 1.807) is 42.7 Å². The summed E-state index contributed by atoms with van der Waals surface area (Å²) in [5.74, 6) is 0. The number of alkyl halides is 1. The number of hydrogen-bond donors (Lipinski definition) is 1. The van der Waals surface area contributed by atoms with Gasteiger partial charge < -0.3 is 5.11 Å². The molecule has 2 aromatic rings. The Balaban J connectivity index is 2.46. The van der Waals surface area contributed by atoms with E-state index in [4.69, 9.17) is 34.8 Å². The van der Waals surface area contributed by atoms with Gasteiger partial charge in [-0.15, -0.1) is 11.6 Å². The van der Waals surface area contributed by atoms with Gasteiger partial charge in [0, 0.05) is 28.0 Å². The molecule has 0 aliphatic heterocycles. The summed E-state index contributed by atoms with van der Waals surface area (Å²) in [7, 11) is 0. The van der Waals surface area contributed by atoms with Crippen LogP contribution in [0.25, 0.3) is 0 Å². The van der Waals surface area contributed by atoms with E-state index in [2.05, 4.69) is 4.98 Å². The fourth-order valence-electron chi connectivity index (χ4n) is 2.11. The van der Waals surface area contributed by atoms with Crippen molar-refractivity contribution in [3.8, 4) is 0 Å². The van der Waals surface area contributed by atoms with E-state index in [0.29, 0.717) is 27.6 Å². The molecular formula is C15H14Cl3NO. The van der Waals surface area contributed by atoms with Gasteiger partial charge in [-0.25, -0.2) is 0 Å². The molecule has 0 aliphatic carbocycles. The van der Waals surface area contributed by atoms with Gasteiger partial charge in [-0.2, -0.15) is 0 Å². The summed E-state index contributed by atoms with van der Waals surface area (Å²) in [6.45, 7) is 1.87. The van der Waals surface area contributed by atoms with Crippen LogP contribution in [-0.2, 0) is 5.60 Å². The Labute approximate surface area is 133 Å². The van der Waals surface area contributed by atoms with Crippen molar-refractivity contribution in [3.05, 3.63) is 63.9 Å². The van der Waals surface area contributed by atoms with Gasteiger partial charge in [-0.3, -0.25) is 4.98 Å². The summed E-state index contributed by atoms with van der Waals surface area (Å²) >= 11 is 18.6. The minimum Gasteiger partial charge on any atom is -0.383 e. The molecule has 0 saturated carbocycles. The lowest BCUT2D eigenvalue weighted by Gasteiger charge is -2.32. The van der Waals surface area contributed by atoms with Crippen LogP contribution in [0.15, 0.2) is 42.7 Å². The third kappa shape index (κ3) is 2.94. The highest BCUT2D eigenvalue weighted by Gasteiger charge is 2.38. The predicted octanol–water partition coefficient (Wildman–Crippen LogP) is 4.97. The molecule has 2 unspecified atom stereocenters. The number of halogens is 3. The summed E-state index contributed by atoms with van der Waals surface area (Å²) in [5, 5.41) is 11.2. The lowest BCUT2D eigenvalue weighted by atomic mass is 9.85. The van der Waals surface area contributed by atoms with E-state index in [0.717, 1.165) is 0 Å². The zero-order valence-electron chi connectivity index (χ0n) is 10.9. The van der Waals surface area contributed by atoms with Gasteiger partial charge in [0.15, 0.2) is 0 Å². The number of pyridine rings is 1. The van der Waals surface area contributed by atoms with E-state index in [9.17, 15) is 5.11 Å². The monoisotopic (exact) mass is 329 g/mol. The molecule has 106 valence electrons. The van der Waals surface area contributed by atoms with Gasteiger partial charge in [-0.1, -0.05) is 42.3 Å².